The van der Waals surface area contributed by atoms with Crippen molar-refractivity contribution in [3.63, 3.8) is 0 Å². The fourth-order valence-corrected chi connectivity index (χ4v) is 2.85. The highest BCUT2D eigenvalue weighted by Gasteiger charge is 2.10. The van der Waals surface area contributed by atoms with Crippen LogP contribution in [0.15, 0.2) is 45.3 Å². The van der Waals surface area contributed by atoms with E-state index in [0.29, 0.717) is 6.42 Å². The molecule has 2 aromatic carbocycles. The molecule has 100 valence electrons. The van der Waals surface area contributed by atoms with Gasteiger partial charge in [0.05, 0.1) is 0 Å². The van der Waals surface area contributed by atoms with Gasteiger partial charge >= 0.3 is 0 Å². The Morgan fingerprint density at radius 1 is 1.16 bits per heavy atom. The zero-order valence-electron chi connectivity index (χ0n) is 10.5. The minimum atomic E-state index is -0.248. The van der Waals surface area contributed by atoms with Crippen molar-refractivity contribution < 1.29 is 4.39 Å². The van der Waals surface area contributed by atoms with E-state index >= 15 is 0 Å². The predicted octanol–water partition coefficient (Wildman–Crippen LogP) is 4.90. The highest BCUT2D eigenvalue weighted by molar-refractivity contribution is 9.10. The van der Waals surface area contributed by atoms with E-state index in [4.69, 9.17) is 5.73 Å². The average molecular weight is 387 g/mol. The lowest BCUT2D eigenvalue weighted by molar-refractivity contribution is 0.621. The van der Waals surface area contributed by atoms with E-state index < -0.39 is 0 Å². The van der Waals surface area contributed by atoms with Crippen LogP contribution in [0.2, 0.25) is 0 Å². The zero-order valence-corrected chi connectivity index (χ0v) is 13.6. The molecule has 0 saturated carbocycles. The van der Waals surface area contributed by atoms with E-state index in [9.17, 15) is 4.39 Å². The summed E-state index contributed by atoms with van der Waals surface area (Å²) >= 11 is 6.79. The Morgan fingerprint density at radius 3 is 2.53 bits per heavy atom. The summed E-state index contributed by atoms with van der Waals surface area (Å²) in [5, 5.41) is 0. The van der Waals surface area contributed by atoms with Gasteiger partial charge in [-0.25, -0.2) is 4.39 Å². The fraction of sp³-hybridized carbons (Fsp3) is 0.200. The highest BCUT2D eigenvalue weighted by atomic mass is 79.9. The van der Waals surface area contributed by atoms with Gasteiger partial charge in [-0.15, -0.1) is 0 Å². The Kier molecular flexibility index (Phi) is 4.76. The van der Waals surface area contributed by atoms with Crippen LogP contribution in [-0.4, -0.2) is 0 Å². The number of halogens is 3. The summed E-state index contributed by atoms with van der Waals surface area (Å²) in [5.74, 6) is -0.248. The molecule has 0 radical (unpaired) electrons. The molecule has 0 aliphatic heterocycles. The molecule has 0 aliphatic carbocycles. The lowest BCUT2D eigenvalue weighted by Crippen LogP contribution is -2.13. The van der Waals surface area contributed by atoms with Gasteiger partial charge in [0.15, 0.2) is 0 Å². The molecule has 0 aliphatic rings. The SMILES string of the molecule is Cc1ccc(C(N)Cc2cc(F)cc(Br)c2)cc1Br. The lowest BCUT2D eigenvalue weighted by atomic mass is 9.99. The normalized spacial score (nSPS) is 12.5. The quantitative estimate of drug-likeness (QED) is 0.797. The first-order valence-corrected chi connectivity index (χ1v) is 7.51. The molecule has 0 amide bonds. The third kappa shape index (κ3) is 3.88. The molecule has 0 bridgehead atoms. The number of aryl methyl sites for hydroxylation is 1. The van der Waals surface area contributed by atoms with Crippen molar-refractivity contribution in [3.8, 4) is 0 Å². The first-order chi connectivity index (χ1) is 8.95. The molecule has 1 unspecified atom stereocenters. The maximum atomic E-state index is 13.3. The van der Waals surface area contributed by atoms with Crippen LogP contribution in [0.4, 0.5) is 4.39 Å². The van der Waals surface area contributed by atoms with Gasteiger partial charge in [-0.3, -0.25) is 0 Å². The third-order valence-electron chi connectivity index (χ3n) is 3.00. The summed E-state index contributed by atoms with van der Waals surface area (Å²) in [7, 11) is 0. The van der Waals surface area contributed by atoms with Gasteiger partial charge in [0.25, 0.3) is 0 Å². The second-order valence-corrected chi connectivity index (χ2v) is 6.37. The Balaban J connectivity index is 2.20. The van der Waals surface area contributed by atoms with Crippen LogP contribution in [0.3, 0.4) is 0 Å². The average Bonchev–Trinajstić information content (AvgIpc) is 2.31. The Morgan fingerprint density at radius 2 is 1.89 bits per heavy atom. The summed E-state index contributed by atoms with van der Waals surface area (Å²) in [5.41, 5.74) is 9.28. The van der Waals surface area contributed by atoms with Gasteiger partial charge < -0.3 is 5.73 Å². The van der Waals surface area contributed by atoms with Gasteiger partial charge in [-0.2, -0.15) is 0 Å². The van der Waals surface area contributed by atoms with Crippen molar-refractivity contribution in [2.75, 3.05) is 0 Å². The molecular formula is C15H14Br2FN. The van der Waals surface area contributed by atoms with Crippen molar-refractivity contribution in [1.29, 1.82) is 0 Å². The van der Waals surface area contributed by atoms with Crippen molar-refractivity contribution >= 4 is 31.9 Å². The molecule has 0 heterocycles. The summed E-state index contributed by atoms with van der Waals surface area (Å²) in [6.45, 7) is 2.03. The number of hydrogen-bond acceptors (Lipinski definition) is 1. The monoisotopic (exact) mass is 385 g/mol. The maximum Gasteiger partial charge on any atom is 0.124 e. The largest absolute Gasteiger partial charge is 0.324 e. The van der Waals surface area contributed by atoms with E-state index in [1.165, 1.54) is 17.7 Å². The lowest BCUT2D eigenvalue weighted by Gasteiger charge is -2.14. The van der Waals surface area contributed by atoms with E-state index in [-0.39, 0.29) is 11.9 Å². The Hall–Kier alpha value is -0.710. The molecule has 0 aromatic heterocycles. The highest BCUT2D eigenvalue weighted by Crippen LogP contribution is 2.24. The van der Waals surface area contributed by atoms with Crippen molar-refractivity contribution in [2.45, 2.75) is 19.4 Å². The minimum Gasteiger partial charge on any atom is -0.324 e. The topological polar surface area (TPSA) is 26.0 Å². The number of nitrogens with two attached hydrogens (primary N) is 1. The van der Waals surface area contributed by atoms with Crippen LogP contribution in [0, 0.1) is 12.7 Å². The van der Waals surface area contributed by atoms with E-state index in [2.05, 4.69) is 31.9 Å². The van der Waals surface area contributed by atoms with Gasteiger partial charge in [0, 0.05) is 15.0 Å². The van der Waals surface area contributed by atoms with Crippen LogP contribution >= 0.6 is 31.9 Å². The zero-order chi connectivity index (χ0) is 14.0. The maximum absolute atomic E-state index is 13.3. The van der Waals surface area contributed by atoms with E-state index in [1.807, 2.05) is 31.2 Å². The second kappa shape index (κ2) is 6.16. The number of rotatable bonds is 3. The Bertz CT molecular complexity index is 578. The summed E-state index contributed by atoms with van der Waals surface area (Å²) < 4.78 is 15.1. The molecule has 0 fully saturated rings. The first-order valence-electron chi connectivity index (χ1n) is 5.92. The first kappa shape index (κ1) is 14.7. The molecule has 1 atom stereocenters. The molecule has 0 spiro atoms. The molecule has 1 nitrogen and oxygen atoms in total. The molecule has 0 saturated heterocycles. The van der Waals surface area contributed by atoms with Crippen molar-refractivity contribution in [3.05, 3.63) is 67.9 Å². The standard InChI is InChI=1S/C15H14Br2FN/c1-9-2-3-11(7-14(9)17)15(19)6-10-4-12(16)8-13(18)5-10/h2-5,7-8,15H,6,19H2,1H3. The van der Waals surface area contributed by atoms with Gasteiger partial charge in [0.2, 0.25) is 0 Å². The van der Waals surface area contributed by atoms with Crippen molar-refractivity contribution in [1.82, 2.24) is 0 Å². The summed E-state index contributed by atoms with van der Waals surface area (Å²) in [4.78, 5) is 0. The Labute approximate surface area is 129 Å². The van der Waals surface area contributed by atoms with Crippen LogP contribution in [0.25, 0.3) is 0 Å². The van der Waals surface area contributed by atoms with Crippen LogP contribution in [0.5, 0.6) is 0 Å². The van der Waals surface area contributed by atoms with Crippen LogP contribution < -0.4 is 5.73 Å². The summed E-state index contributed by atoms with van der Waals surface area (Å²) in [6.07, 6.45) is 0.603. The molecule has 2 N–H and O–H groups in total. The van der Waals surface area contributed by atoms with Crippen LogP contribution in [-0.2, 0) is 6.42 Å². The van der Waals surface area contributed by atoms with Gasteiger partial charge in [-0.05, 0) is 54.3 Å². The molecule has 19 heavy (non-hydrogen) atoms. The predicted molar refractivity (Wildman–Crippen MR) is 83.6 cm³/mol. The van der Waals surface area contributed by atoms with Crippen LogP contribution in [0.1, 0.15) is 22.7 Å². The number of hydrogen-bond donors (Lipinski definition) is 1. The second-order valence-electron chi connectivity index (χ2n) is 4.60. The molecule has 2 aromatic rings. The van der Waals surface area contributed by atoms with Gasteiger partial charge in [-0.1, -0.05) is 44.0 Å². The van der Waals surface area contributed by atoms with Crippen molar-refractivity contribution in [2.24, 2.45) is 5.73 Å². The summed E-state index contributed by atoms with van der Waals surface area (Å²) in [6, 6.07) is 10.8. The van der Waals surface area contributed by atoms with Gasteiger partial charge in [0.1, 0.15) is 5.82 Å². The molecule has 2 rings (SSSR count). The molecule has 4 heteroatoms. The molecular weight excluding hydrogens is 373 g/mol. The number of benzene rings is 2. The van der Waals surface area contributed by atoms with E-state index in [1.54, 1.807) is 0 Å². The smallest absolute Gasteiger partial charge is 0.124 e. The minimum absolute atomic E-state index is 0.148. The third-order valence-corrected chi connectivity index (χ3v) is 4.31. The fourth-order valence-electron chi connectivity index (χ4n) is 1.94. The van der Waals surface area contributed by atoms with E-state index in [0.717, 1.165) is 20.1 Å².